The van der Waals surface area contributed by atoms with E-state index in [1.165, 1.54) is 12.1 Å². The Morgan fingerprint density at radius 3 is 2.71 bits per heavy atom. The second-order valence-corrected chi connectivity index (χ2v) is 4.59. The summed E-state index contributed by atoms with van der Waals surface area (Å²) in [5.41, 5.74) is 6.04. The molecule has 0 aliphatic carbocycles. The third kappa shape index (κ3) is 5.24. The Morgan fingerprint density at radius 1 is 1.35 bits per heavy atom. The van der Waals surface area contributed by atoms with E-state index in [0.29, 0.717) is 12.1 Å². The first-order valence-electron chi connectivity index (χ1n) is 5.87. The number of benzene rings is 1. The van der Waals surface area contributed by atoms with Crippen LogP contribution in [-0.4, -0.2) is 24.5 Å². The molecule has 0 fully saturated rings. The molecular weight excluding hydrogens is 222 g/mol. The molecule has 0 radical (unpaired) electrons. The van der Waals surface area contributed by atoms with Crippen molar-refractivity contribution < 1.29 is 8.78 Å². The quantitative estimate of drug-likeness (QED) is 0.830. The van der Waals surface area contributed by atoms with Gasteiger partial charge in [-0.05, 0) is 51.6 Å². The molecular formula is C13H20F2N2. The standard InChI is InChI=1S/C13H20F2N2/c1-10(16)4-3-7-17(2)9-11-8-12(14)5-6-13(11)15/h5-6,8,10H,3-4,7,9,16H2,1-2H3. The van der Waals surface area contributed by atoms with E-state index in [4.69, 9.17) is 5.73 Å². The molecule has 0 aliphatic rings. The molecule has 96 valence electrons. The summed E-state index contributed by atoms with van der Waals surface area (Å²) in [6, 6.07) is 3.74. The predicted molar refractivity (Wildman–Crippen MR) is 65.6 cm³/mol. The summed E-state index contributed by atoms with van der Waals surface area (Å²) in [5, 5.41) is 0. The minimum Gasteiger partial charge on any atom is -0.328 e. The second-order valence-electron chi connectivity index (χ2n) is 4.59. The lowest BCUT2D eigenvalue weighted by molar-refractivity contribution is 0.309. The van der Waals surface area contributed by atoms with Crippen LogP contribution in [0.25, 0.3) is 0 Å². The Labute approximate surface area is 101 Å². The lowest BCUT2D eigenvalue weighted by Crippen LogP contribution is -2.22. The summed E-state index contributed by atoms with van der Waals surface area (Å²) in [5.74, 6) is -0.754. The summed E-state index contributed by atoms with van der Waals surface area (Å²) < 4.78 is 26.3. The molecule has 0 amide bonds. The highest BCUT2D eigenvalue weighted by Crippen LogP contribution is 2.12. The maximum Gasteiger partial charge on any atom is 0.127 e. The van der Waals surface area contributed by atoms with Crippen LogP contribution in [0.4, 0.5) is 8.78 Å². The van der Waals surface area contributed by atoms with Crippen LogP contribution in [0.15, 0.2) is 18.2 Å². The largest absolute Gasteiger partial charge is 0.328 e. The molecule has 0 saturated carbocycles. The number of nitrogens with two attached hydrogens (primary N) is 1. The zero-order valence-corrected chi connectivity index (χ0v) is 10.4. The van der Waals surface area contributed by atoms with Gasteiger partial charge in [0.15, 0.2) is 0 Å². The van der Waals surface area contributed by atoms with E-state index < -0.39 is 5.82 Å². The van der Waals surface area contributed by atoms with Crippen molar-refractivity contribution in [2.24, 2.45) is 5.73 Å². The maximum atomic E-state index is 13.4. The summed E-state index contributed by atoms with van der Waals surface area (Å²) in [7, 11) is 1.89. The van der Waals surface area contributed by atoms with Gasteiger partial charge in [0.25, 0.3) is 0 Å². The maximum absolute atomic E-state index is 13.4. The fourth-order valence-corrected chi connectivity index (χ4v) is 1.72. The molecule has 0 aliphatic heterocycles. The zero-order valence-electron chi connectivity index (χ0n) is 10.4. The van der Waals surface area contributed by atoms with Gasteiger partial charge in [0.1, 0.15) is 11.6 Å². The summed E-state index contributed by atoms with van der Waals surface area (Å²) in [6.45, 7) is 3.21. The monoisotopic (exact) mass is 242 g/mol. The van der Waals surface area contributed by atoms with E-state index in [0.717, 1.165) is 25.5 Å². The van der Waals surface area contributed by atoms with Crippen molar-refractivity contribution in [1.29, 1.82) is 0 Å². The molecule has 1 aromatic rings. The van der Waals surface area contributed by atoms with E-state index >= 15 is 0 Å². The Kier molecular flexibility index (Phi) is 5.51. The molecule has 0 spiro atoms. The van der Waals surface area contributed by atoms with Gasteiger partial charge in [-0.25, -0.2) is 8.78 Å². The molecule has 1 aromatic carbocycles. The molecule has 0 saturated heterocycles. The smallest absolute Gasteiger partial charge is 0.127 e. The van der Waals surface area contributed by atoms with E-state index in [-0.39, 0.29) is 11.9 Å². The van der Waals surface area contributed by atoms with Gasteiger partial charge in [-0.1, -0.05) is 0 Å². The third-order valence-corrected chi connectivity index (χ3v) is 2.65. The predicted octanol–water partition coefficient (Wildman–Crippen LogP) is 2.52. The van der Waals surface area contributed by atoms with Gasteiger partial charge >= 0.3 is 0 Å². The van der Waals surface area contributed by atoms with Crippen molar-refractivity contribution in [3.05, 3.63) is 35.4 Å². The average Bonchev–Trinajstić information content (AvgIpc) is 2.23. The van der Waals surface area contributed by atoms with Crippen molar-refractivity contribution >= 4 is 0 Å². The summed E-state index contributed by atoms with van der Waals surface area (Å²) in [6.07, 6.45) is 1.90. The van der Waals surface area contributed by atoms with Crippen molar-refractivity contribution in [1.82, 2.24) is 4.90 Å². The third-order valence-electron chi connectivity index (χ3n) is 2.65. The van der Waals surface area contributed by atoms with E-state index in [9.17, 15) is 8.78 Å². The van der Waals surface area contributed by atoms with Crippen molar-refractivity contribution in [3.63, 3.8) is 0 Å². The highest BCUT2D eigenvalue weighted by molar-refractivity contribution is 5.18. The number of hydrogen-bond acceptors (Lipinski definition) is 2. The zero-order chi connectivity index (χ0) is 12.8. The molecule has 0 aromatic heterocycles. The number of nitrogens with zero attached hydrogens (tertiary/aromatic N) is 1. The Bertz CT molecular complexity index is 353. The molecule has 1 atom stereocenters. The summed E-state index contributed by atoms with van der Waals surface area (Å²) in [4.78, 5) is 1.97. The van der Waals surface area contributed by atoms with Crippen LogP contribution in [0.3, 0.4) is 0 Å². The van der Waals surface area contributed by atoms with Crippen molar-refractivity contribution in [2.45, 2.75) is 32.4 Å². The van der Waals surface area contributed by atoms with Crippen LogP contribution < -0.4 is 5.73 Å². The van der Waals surface area contributed by atoms with Crippen LogP contribution in [0, 0.1) is 11.6 Å². The Balaban J connectivity index is 2.44. The molecule has 2 nitrogen and oxygen atoms in total. The van der Waals surface area contributed by atoms with Gasteiger partial charge in [-0.2, -0.15) is 0 Å². The molecule has 4 heteroatoms. The molecule has 0 heterocycles. The lowest BCUT2D eigenvalue weighted by Gasteiger charge is -2.17. The Morgan fingerprint density at radius 2 is 2.06 bits per heavy atom. The van der Waals surface area contributed by atoms with Gasteiger partial charge in [0.05, 0.1) is 0 Å². The van der Waals surface area contributed by atoms with Gasteiger partial charge in [0.2, 0.25) is 0 Å². The SMILES string of the molecule is CC(N)CCCN(C)Cc1cc(F)ccc1F. The van der Waals surface area contributed by atoms with Gasteiger partial charge in [-0.3, -0.25) is 0 Å². The minimum atomic E-state index is -0.398. The van der Waals surface area contributed by atoms with Gasteiger partial charge < -0.3 is 10.6 Å². The topological polar surface area (TPSA) is 29.3 Å². The Hall–Kier alpha value is -1.00. The average molecular weight is 242 g/mol. The molecule has 0 bridgehead atoms. The highest BCUT2D eigenvalue weighted by atomic mass is 19.1. The highest BCUT2D eigenvalue weighted by Gasteiger charge is 2.07. The molecule has 17 heavy (non-hydrogen) atoms. The molecule has 1 unspecified atom stereocenters. The minimum absolute atomic E-state index is 0.189. The normalized spacial score (nSPS) is 13.1. The van der Waals surface area contributed by atoms with Crippen LogP contribution in [0.1, 0.15) is 25.3 Å². The van der Waals surface area contributed by atoms with Crippen LogP contribution >= 0.6 is 0 Å². The fourth-order valence-electron chi connectivity index (χ4n) is 1.72. The summed E-state index contributed by atoms with van der Waals surface area (Å²) >= 11 is 0. The van der Waals surface area contributed by atoms with Crippen LogP contribution in [0.2, 0.25) is 0 Å². The van der Waals surface area contributed by atoms with Gasteiger partial charge in [-0.15, -0.1) is 0 Å². The van der Waals surface area contributed by atoms with E-state index in [1.807, 2.05) is 18.9 Å². The second kappa shape index (κ2) is 6.67. The number of hydrogen-bond donors (Lipinski definition) is 1. The van der Waals surface area contributed by atoms with Gasteiger partial charge in [0, 0.05) is 18.2 Å². The molecule has 2 N–H and O–H groups in total. The first-order chi connectivity index (χ1) is 7.99. The van der Waals surface area contributed by atoms with Crippen LogP contribution in [0.5, 0.6) is 0 Å². The van der Waals surface area contributed by atoms with E-state index in [2.05, 4.69) is 0 Å². The fraction of sp³-hybridized carbons (Fsp3) is 0.538. The van der Waals surface area contributed by atoms with Crippen molar-refractivity contribution in [2.75, 3.05) is 13.6 Å². The lowest BCUT2D eigenvalue weighted by atomic mass is 10.1. The first kappa shape index (κ1) is 14.1. The first-order valence-corrected chi connectivity index (χ1v) is 5.87. The van der Waals surface area contributed by atoms with Crippen LogP contribution in [-0.2, 0) is 6.54 Å². The molecule has 1 rings (SSSR count). The van der Waals surface area contributed by atoms with E-state index in [1.54, 1.807) is 0 Å². The van der Waals surface area contributed by atoms with Crippen molar-refractivity contribution in [3.8, 4) is 0 Å². The number of rotatable bonds is 6. The number of halogens is 2.